The highest BCUT2D eigenvalue weighted by Gasteiger charge is 2.08. The summed E-state index contributed by atoms with van der Waals surface area (Å²) in [5.74, 6) is 0.390. The van der Waals surface area contributed by atoms with Crippen molar-refractivity contribution in [1.29, 1.82) is 0 Å². The molecule has 0 radical (unpaired) electrons. The molecular weight excluding hydrogens is 322 g/mol. The van der Waals surface area contributed by atoms with Crippen molar-refractivity contribution in [3.8, 4) is 5.75 Å². The van der Waals surface area contributed by atoms with E-state index in [1.54, 1.807) is 18.2 Å². The van der Waals surface area contributed by atoms with Crippen molar-refractivity contribution >= 4 is 28.9 Å². The molecule has 5 nitrogen and oxygen atoms in total. The van der Waals surface area contributed by atoms with E-state index in [0.29, 0.717) is 17.9 Å². The van der Waals surface area contributed by atoms with Crippen LogP contribution in [-0.2, 0) is 0 Å². The Morgan fingerprint density at radius 3 is 2.67 bits per heavy atom. The van der Waals surface area contributed by atoms with Crippen molar-refractivity contribution in [3.05, 3.63) is 60.2 Å². The van der Waals surface area contributed by atoms with Crippen molar-refractivity contribution in [2.24, 2.45) is 0 Å². The molecule has 3 N–H and O–H groups in total. The number of hydrogen-bond donors (Lipinski definition) is 3. The average molecular weight is 343 g/mol. The zero-order valence-electron chi connectivity index (χ0n) is 13.5. The minimum Gasteiger partial charge on any atom is -0.494 e. The van der Waals surface area contributed by atoms with Gasteiger partial charge in [-0.2, -0.15) is 0 Å². The van der Waals surface area contributed by atoms with E-state index < -0.39 is 0 Å². The first-order chi connectivity index (χ1) is 11.7. The van der Waals surface area contributed by atoms with Gasteiger partial charge >= 0.3 is 0 Å². The maximum Gasteiger partial charge on any atom is 0.257 e. The number of rotatable bonds is 7. The Morgan fingerprint density at radius 1 is 1.12 bits per heavy atom. The molecule has 0 fully saturated rings. The van der Waals surface area contributed by atoms with E-state index in [4.69, 9.17) is 17.0 Å². The molecule has 2 rings (SSSR count). The Balaban J connectivity index is 1.84. The number of hydrogen-bond acceptors (Lipinski definition) is 4. The summed E-state index contributed by atoms with van der Waals surface area (Å²) in [6.07, 6.45) is 2.05. The Morgan fingerprint density at radius 2 is 1.92 bits per heavy atom. The van der Waals surface area contributed by atoms with Crippen LogP contribution >= 0.6 is 12.2 Å². The normalized spacial score (nSPS) is 9.88. The lowest BCUT2D eigenvalue weighted by Gasteiger charge is -2.12. The summed E-state index contributed by atoms with van der Waals surface area (Å²) in [7, 11) is 0. The summed E-state index contributed by atoms with van der Waals surface area (Å²) in [5.41, 5.74) is 7.03. The molecule has 0 aliphatic heterocycles. The van der Waals surface area contributed by atoms with Gasteiger partial charge in [0.2, 0.25) is 0 Å². The summed E-state index contributed by atoms with van der Waals surface area (Å²) < 4.78 is 5.61. The van der Waals surface area contributed by atoms with Crippen LogP contribution in [0.1, 0.15) is 30.1 Å². The Hall–Kier alpha value is -2.60. The van der Waals surface area contributed by atoms with Gasteiger partial charge in [-0.05, 0) is 49.0 Å². The minimum absolute atomic E-state index is 0.196. The van der Waals surface area contributed by atoms with Crippen LogP contribution in [0.15, 0.2) is 54.6 Å². The summed E-state index contributed by atoms with van der Waals surface area (Å²) in [6.45, 7) is 2.74. The summed E-state index contributed by atoms with van der Waals surface area (Å²) in [5, 5.41) is 2.82. The van der Waals surface area contributed by atoms with E-state index in [0.717, 1.165) is 18.5 Å². The van der Waals surface area contributed by atoms with Gasteiger partial charge in [0, 0.05) is 5.56 Å². The molecule has 24 heavy (non-hydrogen) atoms. The molecule has 0 aliphatic carbocycles. The molecule has 6 heteroatoms. The van der Waals surface area contributed by atoms with E-state index in [2.05, 4.69) is 23.1 Å². The number of nitrogens with one attached hydrogen (secondary N) is 3. The van der Waals surface area contributed by atoms with Crippen LogP contribution in [-0.4, -0.2) is 17.6 Å². The molecule has 0 heterocycles. The van der Waals surface area contributed by atoms with E-state index >= 15 is 0 Å². The maximum atomic E-state index is 12.2. The van der Waals surface area contributed by atoms with Crippen LogP contribution in [0.4, 0.5) is 5.69 Å². The van der Waals surface area contributed by atoms with E-state index in [-0.39, 0.29) is 11.0 Å². The van der Waals surface area contributed by atoms with Gasteiger partial charge in [0.1, 0.15) is 5.75 Å². The lowest BCUT2D eigenvalue weighted by molar-refractivity contribution is 0.0976. The number of para-hydroxylation sites is 1. The molecule has 2 aromatic carbocycles. The number of carbonyl (C=O) groups is 1. The van der Waals surface area contributed by atoms with Gasteiger partial charge in [0.25, 0.3) is 5.91 Å². The second-order valence-electron chi connectivity index (χ2n) is 5.13. The number of benzene rings is 2. The van der Waals surface area contributed by atoms with Crippen LogP contribution in [0.3, 0.4) is 0 Å². The zero-order valence-corrected chi connectivity index (χ0v) is 14.4. The van der Waals surface area contributed by atoms with Crippen LogP contribution in [0.25, 0.3) is 0 Å². The molecular formula is C18H21N3O2S. The second-order valence-corrected chi connectivity index (χ2v) is 5.54. The fourth-order valence-corrected chi connectivity index (χ4v) is 2.06. The summed E-state index contributed by atoms with van der Waals surface area (Å²) >= 11 is 5.11. The number of carbonyl (C=O) groups excluding carboxylic acids is 1. The fourth-order valence-electron chi connectivity index (χ4n) is 1.92. The number of anilines is 1. The van der Waals surface area contributed by atoms with Crippen LogP contribution in [0, 0.1) is 0 Å². The Labute approximate surface area is 147 Å². The van der Waals surface area contributed by atoms with Gasteiger partial charge in [-0.1, -0.05) is 37.6 Å². The lowest BCUT2D eigenvalue weighted by atomic mass is 10.2. The van der Waals surface area contributed by atoms with E-state index in [1.807, 2.05) is 36.4 Å². The SMILES string of the molecule is CCCCOc1cccc(C(=O)NC(=S)NNc2ccccc2)c1. The molecule has 0 bridgehead atoms. The van der Waals surface area contributed by atoms with Crippen LogP contribution < -0.4 is 20.9 Å². The highest BCUT2D eigenvalue weighted by atomic mass is 32.1. The Kier molecular flexibility index (Phi) is 7.04. The minimum atomic E-state index is -0.289. The van der Waals surface area contributed by atoms with Gasteiger partial charge in [0.05, 0.1) is 12.3 Å². The standard InChI is InChI=1S/C18H21N3O2S/c1-2-3-12-23-16-11-7-8-14(13-16)17(22)19-18(24)21-20-15-9-5-4-6-10-15/h4-11,13,20H,2-3,12H2,1H3,(H2,19,21,22,24). The Bertz CT molecular complexity index is 677. The van der Waals surface area contributed by atoms with Crippen molar-refractivity contribution in [1.82, 2.24) is 10.7 Å². The van der Waals surface area contributed by atoms with E-state index in [1.165, 1.54) is 0 Å². The molecule has 0 atom stereocenters. The lowest BCUT2D eigenvalue weighted by Crippen LogP contribution is -2.41. The molecule has 126 valence electrons. The van der Waals surface area contributed by atoms with Gasteiger partial charge in [0.15, 0.2) is 5.11 Å². The van der Waals surface area contributed by atoms with Gasteiger partial charge < -0.3 is 4.74 Å². The van der Waals surface area contributed by atoms with Crippen molar-refractivity contribution in [2.75, 3.05) is 12.0 Å². The molecule has 0 spiro atoms. The topological polar surface area (TPSA) is 62.4 Å². The first-order valence-electron chi connectivity index (χ1n) is 7.84. The third-order valence-electron chi connectivity index (χ3n) is 3.18. The first-order valence-corrected chi connectivity index (χ1v) is 8.25. The fraction of sp³-hybridized carbons (Fsp3) is 0.222. The highest BCUT2D eigenvalue weighted by Crippen LogP contribution is 2.13. The van der Waals surface area contributed by atoms with Crippen molar-refractivity contribution in [2.45, 2.75) is 19.8 Å². The van der Waals surface area contributed by atoms with Gasteiger partial charge in [-0.15, -0.1) is 0 Å². The van der Waals surface area contributed by atoms with Crippen molar-refractivity contribution in [3.63, 3.8) is 0 Å². The number of unbranched alkanes of at least 4 members (excludes halogenated alkanes) is 1. The highest BCUT2D eigenvalue weighted by molar-refractivity contribution is 7.80. The molecule has 2 aromatic rings. The monoisotopic (exact) mass is 343 g/mol. The molecule has 0 saturated carbocycles. The molecule has 0 unspecified atom stereocenters. The summed E-state index contributed by atoms with van der Waals surface area (Å²) in [6, 6.07) is 16.5. The number of thiocarbonyl (C=S) groups is 1. The van der Waals surface area contributed by atoms with Crippen LogP contribution in [0.5, 0.6) is 5.75 Å². The number of hydrazine groups is 1. The van der Waals surface area contributed by atoms with Gasteiger partial charge in [-0.3, -0.25) is 21.0 Å². The number of ether oxygens (including phenoxy) is 1. The molecule has 1 amide bonds. The predicted molar refractivity (Wildman–Crippen MR) is 100 cm³/mol. The second kappa shape index (κ2) is 9.52. The summed E-state index contributed by atoms with van der Waals surface area (Å²) in [4.78, 5) is 12.2. The quantitative estimate of drug-likeness (QED) is 0.408. The predicted octanol–water partition coefficient (Wildman–Crippen LogP) is 3.50. The van der Waals surface area contributed by atoms with Crippen LogP contribution in [0.2, 0.25) is 0 Å². The number of amides is 1. The third kappa shape index (κ3) is 5.89. The van der Waals surface area contributed by atoms with Gasteiger partial charge in [-0.25, -0.2) is 0 Å². The average Bonchev–Trinajstić information content (AvgIpc) is 2.61. The largest absolute Gasteiger partial charge is 0.494 e. The zero-order chi connectivity index (χ0) is 17.2. The molecule has 0 aliphatic rings. The third-order valence-corrected chi connectivity index (χ3v) is 3.39. The molecule has 0 saturated heterocycles. The maximum absolute atomic E-state index is 12.2. The first kappa shape index (κ1) is 17.7. The molecule has 0 aromatic heterocycles. The smallest absolute Gasteiger partial charge is 0.257 e. The van der Waals surface area contributed by atoms with E-state index in [9.17, 15) is 4.79 Å². The van der Waals surface area contributed by atoms with Crippen molar-refractivity contribution < 1.29 is 9.53 Å².